The number of hydrogen-bond acceptors (Lipinski definition) is 5. The molecule has 2 aromatic rings. The number of methoxy groups -OCH3 is 1. The Morgan fingerprint density at radius 1 is 1.28 bits per heavy atom. The lowest BCUT2D eigenvalue weighted by molar-refractivity contribution is -0.117. The molecule has 0 radical (unpaired) electrons. The van der Waals surface area contributed by atoms with Crippen LogP contribution in [0.4, 0.5) is 5.69 Å². The minimum atomic E-state index is -0.427. The number of para-hydroxylation sites is 1. The molecular formula is C19H24N2O4. The minimum Gasteiger partial charge on any atom is -0.465 e. The van der Waals surface area contributed by atoms with Gasteiger partial charge in [0.25, 0.3) is 0 Å². The maximum absolute atomic E-state index is 12.3. The summed E-state index contributed by atoms with van der Waals surface area (Å²) < 4.78 is 10.3. The lowest BCUT2D eigenvalue weighted by atomic mass is 10.1. The number of ether oxygens (including phenoxy) is 1. The summed E-state index contributed by atoms with van der Waals surface area (Å²) >= 11 is 0. The van der Waals surface area contributed by atoms with Crippen LogP contribution in [-0.4, -0.2) is 37.5 Å². The zero-order valence-corrected chi connectivity index (χ0v) is 15.1. The molecule has 6 nitrogen and oxygen atoms in total. The average molecular weight is 344 g/mol. The monoisotopic (exact) mass is 344 g/mol. The molecule has 6 heteroatoms. The van der Waals surface area contributed by atoms with Gasteiger partial charge >= 0.3 is 5.97 Å². The van der Waals surface area contributed by atoms with Crippen molar-refractivity contribution in [2.45, 2.75) is 26.8 Å². The number of benzene rings is 1. The molecule has 1 amide bonds. The normalized spacial score (nSPS) is 10.8. The van der Waals surface area contributed by atoms with Crippen LogP contribution in [0.15, 0.2) is 34.7 Å². The minimum absolute atomic E-state index is 0.0973. The predicted octanol–water partition coefficient (Wildman–Crippen LogP) is 3.01. The van der Waals surface area contributed by atoms with Crippen LogP contribution >= 0.6 is 0 Å². The first kappa shape index (κ1) is 18.7. The number of nitrogens with zero attached hydrogens (tertiary/aromatic N) is 1. The molecule has 0 aliphatic carbocycles. The van der Waals surface area contributed by atoms with Crippen molar-refractivity contribution in [1.82, 2.24) is 4.90 Å². The van der Waals surface area contributed by atoms with Crippen molar-refractivity contribution < 1.29 is 18.7 Å². The predicted molar refractivity (Wildman–Crippen MR) is 95.6 cm³/mol. The molecule has 0 bridgehead atoms. The average Bonchev–Trinajstić information content (AvgIpc) is 2.94. The SMILES string of the molecule is CCc1ccccc1NC(=O)CN(C)Cc1cc(C(=O)OC)c(C)o1. The standard InChI is InChI=1S/C19H24N2O4/c1-5-14-8-6-7-9-17(14)20-18(22)12-21(3)11-15-10-16(13(2)25-15)19(23)24-4/h6-10H,5,11-12H2,1-4H3,(H,20,22). The van der Waals surface area contributed by atoms with E-state index in [2.05, 4.69) is 12.2 Å². The van der Waals surface area contributed by atoms with E-state index in [1.807, 2.05) is 36.2 Å². The molecule has 0 aliphatic rings. The zero-order chi connectivity index (χ0) is 18.4. The van der Waals surface area contributed by atoms with Gasteiger partial charge in [0.1, 0.15) is 17.1 Å². The maximum atomic E-state index is 12.3. The number of hydrogen-bond donors (Lipinski definition) is 1. The molecular weight excluding hydrogens is 320 g/mol. The molecule has 0 unspecified atom stereocenters. The molecule has 1 aromatic carbocycles. The number of anilines is 1. The van der Waals surface area contributed by atoms with E-state index in [1.54, 1.807) is 13.0 Å². The van der Waals surface area contributed by atoms with Crippen molar-refractivity contribution in [1.29, 1.82) is 0 Å². The van der Waals surface area contributed by atoms with Gasteiger partial charge in [-0.25, -0.2) is 4.79 Å². The number of rotatable bonds is 7. The topological polar surface area (TPSA) is 71.8 Å². The second-order valence-electron chi connectivity index (χ2n) is 5.91. The van der Waals surface area contributed by atoms with E-state index in [4.69, 9.17) is 9.15 Å². The number of aryl methyl sites for hydroxylation is 2. The number of carbonyl (C=O) groups excluding carboxylic acids is 2. The maximum Gasteiger partial charge on any atom is 0.341 e. The highest BCUT2D eigenvalue weighted by Crippen LogP contribution is 2.18. The summed E-state index contributed by atoms with van der Waals surface area (Å²) in [5.74, 6) is 0.600. The van der Waals surface area contributed by atoms with Crippen LogP contribution in [0.5, 0.6) is 0 Å². The fraction of sp³-hybridized carbons (Fsp3) is 0.368. The Labute approximate surface area is 147 Å². The van der Waals surface area contributed by atoms with E-state index in [9.17, 15) is 9.59 Å². The highest BCUT2D eigenvalue weighted by molar-refractivity contribution is 5.93. The largest absolute Gasteiger partial charge is 0.465 e. The summed E-state index contributed by atoms with van der Waals surface area (Å²) in [5.41, 5.74) is 2.35. The van der Waals surface area contributed by atoms with Crippen molar-refractivity contribution in [3.8, 4) is 0 Å². The van der Waals surface area contributed by atoms with Gasteiger partial charge in [-0.15, -0.1) is 0 Å². The molecule has 1 heterocycles. The van der Waals surface area contributed by atoms with Crippen molar-refractivity contribution in [2.24, 2.45) is 0 Å². The van der Waals surface area contributed by atoms with Gasteiger partial charge in [0.05, 0.1) is 20.2 Å². The highest BCUT2D eigenvalue weighted by Gasteiger charge is 2.17. The van der Waals surface area contributed by atoms with E-state index >= 15 is 0 Å². The van der Waals surface area contributed by atoms with Crippen LogP contribution < -0.4 is 5.32 Å². The summed E-state index contributed by atoms with van der Waals surface area (Å²) in [4.78, 5) is 25.7. The Morgan fingerprint density at radius 2 is 2.00 bits per heavy atom. The molecule has 0 saturated heterocycles. The lowest BCUT2D eigenvalue weighted by Crippen LogP contribution is -2.30. The van der Waals surface area contributed by atoms with E-state index in [-0.39, 0.29) is 12.5 Å². The number of furan rings is 1. The van der Waals surface area contributed by atoms with Crippen LogP contribution in [-0.2, 0) is 22.5 Å². The smallest absolute Gasteiger partial charge is 0.341 e. The highest BCUT2D eigenvalue weighted by atomic mass is 16.5. The van der Waals surface area contributed by atoms with Gasteiger partial charge in [0, 0.05) is 5.69 Å². The number of carbonyl (C=O) groups is 2. The third-order valence-electron chi connectivity index (χ3n) is 3.89. The second kappa shape index (κ2) is 8.48. The summed E-state index contributed by atoms with van der Waals surface area (Å²) in [6.07, 6.45) is 0.855. The van der Waals surface area contributed by atoms with Crippen molar-refractivity contribution >= 4 is 17.6 Å². The molecule has 2 rings (SSSR count). The molecule has 0 spiro atoms. The number of nitrogens with one attached hydrogen (secondary N) is 1. The van der Waals surface area contributed by atoms with Crippen molar-refractivity contribution in [3.63, 3.8) is 0 Å². The van der Waals surface area contributed by atoms with Gasteiger partial charge in [-0.05, 0) is 38.1 Å². The number of likely N-dealkylation sites (N-methyl/N-ethyl adjacent to an activating group) is 1. The van der Waals surface area contributed by atoms with Gasteiger partial charge in [-0.2, -0.15) is 0 Å². The summed E-state index contributed by atoms with van der Waals surface area (Å²) in [5, 5.41) is 2.94. The fourth-order valence-electron chi connectivity index (χ4n) is 2.64. The van der Waals surface area contributed by atoms with Crippen molar-refractivity contribution in [2.75, 3.05) is 26.0 Å². The summed E-state index contributed by atoms with van der Waals surface area (Å²) in [6.45, 7) is 4.39. The van der Waals surface area contributed by atoms with Crippen LogP contribution in [0.3, 0.4) is 0 Å². The van der Waals surface area contributed by atoms with Gasteiger partial charge in [-0.3, -0.25) is 9.69 Å². The molecule has 1 aromatic heterocycles. The third kappa shape index (κ3) is 4.93. The third-order valence-corrected chi connectivity index (χ3v) is 3.89. The summed E-state index contributed by atoms with van der Waals surface area (Å²) in [6, 6.07) is 9.41. The van der Waals surface area contributed by atoms with E-state index < -0.39 is 5.97 Å². The number of amides is 1. The van der Waals surface area contributed by atoms with Gasteiger partial charge < -0.3 is 14.5 Å². The Bertz CT molecular complexity index is 752. The Kier molecular flexibility index (Phi) is 6.36. The molecule has 0 aliphatic heterocycles. The lowest BCUT2D eigenvalue weighted by Gasteiger charge is -2.16. The summed E-state index contributed by atoms with van der Waals surface area (Å²) in [7, 11) is 3.15. The molecule has 134 valence electrons. The Balaban J connectivity index is 1.94. The number of esters is 1. The van der Waals surface area contributed by atoms with Crippen LogP contribution in [0.25, 0.3) is 0 Å². The van der Waals surface area contributed by atoms with Crippen molar-refractivity contribution in [3.05, 3.63) is 53.0 Å². The van der Waals surface area contributed by atoms with Gasteiger partial charge in [0.2, 0.25) is 5.91 Å². The van der Waals surface area contributed by atoms with E-state index in [1.165, 1.54) is 7.11 Å². The molecule has 0 saturated carbocycles. The first-order valence-electron chi connectivity index (χ1n) is 8.18. The second-order valence-corrected chi connectivity index (χ2v) is 5.91. The van der Waals surface area contributed by atoms with Gasteiger partial charge in [0.15, 0.2) is 0 Å². The molecule has 0 atom stereocenters. The van der Waals surface area contributed by atoms with E-state index in [0.29, 0.717) is 23.6 Å². The molecule has 0 fully saturated rings. The van der Waals surface area contributed by atoms with Crippen LogP contribution in [0, 0.1) is 6.92 Å². The fourth-order valence-corrected chi connectivity index (χ4v) is 2.64. The first-order valence-corrected chi connectivity index (χ1v) is 8.18. The Hall–Kier alpha value is -2.60. The van der Waals surface area contributed by atoms with Crippen LogP contribution in [0.1, 0.15) is 34.4 Å². The van der Waals surface area contributed by atoms with E-state index in [0.717, 1.165) is 17.7 Å². The molecule has 1 N–H and O–H groups in total. The quantitative estimate of drug-likeness (QED) is 0.782. The zero-order valence-electron chi connectivity index (χ0n) is 15.1. The van der Waals surface area contributed by atoms with Crippen LogP contribution in [0.2, 0.25) is 0 Å². The van der Waals surface area contributed by atoms with Gasteiger partial charge in [-0.1, -0.05) is 25.1 Å². The Morgan fingerprint density at radius 3 is 2.68 bits per heavy atom. The molecule has 25 heavy (non-hydrogen) atoms. The first-order chi connectivity index (χ1) is 11.9.